The number of Topliss-reactive ketones (excluding diaryl/α,β-unsaturated/α-hetero) is 1. The van der Waals surface area contributed by atoms with Crippen LogP contribution >= 0.6 is 11.6 Å². The lowest BCUT2D eigenvalue weighted by Gasteiger charge is -2.15. The second-order valence-corrected chi connectivity index (χ2v) is 5.82. The van der Waals surface area contributed by atoms with E-state index in [4.69, 9.17) is 16.3 Å². The van der Waals surface area contributed by atoms with Gasteiger partial charge in [0.05, 0.1) is 12.2 Å². The largest absolute Gasteiger partial charge is 0.465 e. The number of ketones is 1. The van der Waals surface area contributed by atoms with Gasteiger partial charge in [-0.1, -0.05) is 23.7 Å². The average molecular weight is 386 g/mol. The van der Waals surface area contributed by atoms with E-state index in [0.717, 1.165) is 12.1 Å². The monoisotopic (exact) mass is 385 g/mol. The van der Waals surface area contributed by atoms with Gasteiger partial charge >= 0.3 is 12.1 Å². The lowest BCUT2D eigenvalue weighted by atomic mass is 9.91. The van der Waals surface area contributed by atoms with Crippen molar-refractivity contribution in [1.29, 1.82) is 0 Å². The van der Waals surface area contributed by atoms with E-state index in [1.54, 1.807) is 6.92 Å². The molecule has 1 heterocycles. The van der Waals surface area contributed by atoms with Crippen molar-refractivity contribution < 1.29 is 27.5 Å². The van der Waals surface area contributed by atoms with Gasteiger partial charge < -0.3 is 4.74 Å². The molecule has 0 amide bonds. The molecule has 0 aliphatic heterocycles. The zero-order valence-electron chi connectivity index (χ0n) is 13.7. The van der Waals surface area contributed by atoms with Crippen LogP contribution in [0.4, 0.5) is 13.2 Å². The van der Waals surface area contributed by atoms with Crippen LogP contribution in [-0.4, -0.2) is 23.3 Å². The molecule has 2 aromatic rings. The van der Waals surface area contributed by atoms with Gasteiger partial charge in [0.25, 0.3) is 0 Å². The van der Waals surface area contributed by atoms with Gasteiger partial charge in [-0.25, -0.2) is 4.98 Å². The Kier molecular flexibility index (Phi) is 6.37. The number of carbonyl (C=O) groups excluding carboxylic acids is 2. The highest BCUT2D eigenvalue weighted by Crippen LogP contribution is 2.29. The van der Waals surface area contributed by atoms with E-state index in [2.05, 4.69) is 4.98 Å². The lowest BCUT2D eigenvalue weighted by molar-refractivity contribution is -0.146. The molecule has 0 N–H and O–H groups in total. The van der Waals surface area contributed by atoms with Crippen LogP contribution < -0.4 is 0 Å². The second kappa shape index (κ2) is 8.31. The number of hydrogen-bond donors (Lipinski definition) is 0. The first-order valence-electron chi connectivity index (χ1n) is 7.71. The fourth-order valence-electron chi connectivity index (χ4n) is 2.31. The molecule has 0 radical (unpaired) electrons. The topological polar surface area (TPSA) is 56.3 Å². The first-order valence-corrected chi connectivity index (χ1v) is 8.08. The van der Waals surface area contributed by atoms with E-state index >= 15 is 0 Å². The Balaban J connectivity index is 2.26. The number of benzene rings is 1. The smallest absolute Gasteiger partial charge is 0.416 e. The third-order valence-electron chi connectivity index (χ3n) is 3.62. The molecule has 0 saturated heterocycles. The van der Waals surface area contributed by atoms with E-state index in [-0.39, 0.29) is 23.7 Å². The Hall–Kier alpha value is -2.41. The van der Waals surface area contributed by atoms with Gasteiger partial charge in [-0.3, -0.25) is 9.59 Å². The number of carbonyl (C=O) groups is 2. The van der Waals surface area contributed by atoms with Crippen LogP contribution in [0, 0.1) is 5.92 Å². The van der Waals surface area contributed by atoms with Crippen molar-refractivity contribution in [2.75, 3.05) is 6.61 Å². The zero-order chi connectivity index (χ0) is 19.3. The maximum absolute atomic E-state index is 12.6. The molecule has 0 bridgehead atoms. The summed E-state index contributed by atoms with van der Waals surface area (Å²) in [5, 5.41) is 0.192. The Bertz CT molecular complexity index is 774. The molecule has 0 saturated carbocycles. The van der Waals surface area contributed by atoms with Gasteiger partial charge in [-0.15, -0.1) is 0 Å². The van der Waals surface area contributed by atoms with E-state index in [1.165, 1.54) is 30.5 Å². The maximum atomic E-state index is 12.6. The minimum absolute atomic E-state index is 0.0779. The number of ether oxygens (including phenoxy) is 1. The molecule has 0 fully saturated rings. The number of rotatable bonds is 6. The van der Waals surface area contributed by atoms with Crippen LogP contribution in [0.15, 0.2) is 42.6 Å². The fraction of sp³-hybridized carbons (Fsp3) is 0.278. The van der Waals surface area contributed by atoms with Gasteiger partial charge in [0.1, 0.15) is 11.1 Å². The van der Waals surface area contributed by atoms with Crippen molar-refractivity contribution in [2.24, 2.45) is 5.92 Å². The Labute approximate surface area is 152 Å². The van der Waals surface area contributed by atoms with Crippen LogP contribution in [0.1, 0.15) is 28.4 Å². The van der Waals surface area contributed by atoms with Gasteiger partial charge in [-0.2, -0.15) is 13.2 Å². The summed E-state index contributed by atoms with van der Waals surface area (Å²) in [6, 6.07) is 7.13. The molecule has 1 aromatic carbocycles. The number of nitrogens with zero attached hydrogens (tertiary/aromatic N) is 1. The summed E-state index contributed by atoms with van der Waals surface area (Å²) >= 11 is 5.68. The third kappa shape index (κ3) is 5.05. The summed E-state index contributed by atoms with van der Waals surface area (Å²) in [6.07, 6.45) is -3.30. The van der Waals surface area contributed by atoms with Crippen LogP contribution in [0.2, 0.25) is 5.15 Å². The normalized spacial score (nSPS) is 12.5. The SMILES string of the molecule is CCOC(=O)C(Cc1ccc(C(F)(F)F)cc1)C(=O)c1ccc(Cl)nc1. The van der Waals surface area contributed by atoms with Gasteiger partial charge in [0.2, 0.25) is 0 Å². The molecule has 0 spiro atoms. The molecular weight excluding hydrogens is 371 g/mol. The molecular formula is C18H15ClF3NO3. The minimum atomic E-state index is -4.45. The first kappa shape index (κ1) is 19.9. The number of halogens is 4. The Morgan fingerprint density at radius 3 is 2.31 bits per heavy atom. The van der Waals surface area contributed by atoms with Gasteiger partial charge in [0, 0.05) is 11.8 Å². The van der Waals surface area contributed by atoms with E-state index in [9.17, 15) is 22.8 Å². The molecule has 4 nitrogen and oxygen atoms in total. The third-order valence-corrected chi connectivity index (χ3v) is 3.84. The summed E-state index contributed by atoms with van der Waals surface area (Å²) in [7, 11) is 0. The number of esters is 1. The predicted octanol–water partition coefficient (Wildman–Crippen LogP) is 4.36. The minimum Gasteiger partial charge on any atom is -0.465 e. The Morgan fingerprint density at radius 1 is 1.15 bits per heavy atom. The highest BCUT2D eigenvalue weighted by Gasteiger charge is 2.32. The van der Waals surface area contributed by atoms with Crippen molar-refractivity contribution in [1.82, 2.24) is 4.98 Å². The molecule has 138 valence electrons. The molecule has 0 aliphatic carbocycles. The lowest BCUT2D eigenvalue weighted by Crippen LogP contribution is -2.28. The molecule has 2 rings (SSSR count). The van der Waals surface area contributed by atoms with Crippen molar-refractivity contribution in [3.63, 3.8) is 0 Å². The van der Waals surface area contributed by atoms with Crippen molar-refractivity contribution in [2.45, 2.75) is 19.5 Å². The van der Waals surface area contributed by atoms with Crippen LogP contribution in [0.5, 0.6) is 0 Å². The number of pyridine rings is 1. The van der Waals surface area contributed by atoms with Crippen molar-refractivity contribution >= 4 is 23.4 Å². The van der Waals surface area contributed by atoms with E-state index < -0.39 is 29.4 Å². The van der Waals surface area contributed by atoms with Crippen LogP contribution in [0.25, 0.3) is 0 Å². The van der Waals surface area contributed by atoms with Crippen molar-refractivity contribution in [3.05, 3.63) is 64.4 Å². The van der Waals surface area contributed by atoms with Crippen LogP contribution in [0.3, 0.4) is 0 Å². The summed E-state index contributed by atoms with van der Waals surface area (Å²) in [5.74, 6) is -2.46. The molecule has 0 aliphatic rings. The first-order chi connectivity index (χ1) is 12.2. The van der Waals surface area contributed by atoms with Crippen molar-refractivity contribution in [3.8, 4) is 0 Å². The fourth-order valence-corrected chi connectivity index (χ4v) is 2.43. The summed E-state index contributed by atoms with van der Waals surface area (Å²) in [5.41, 5.74) is -0.229. The maximum Gasteiger partial charge on any atom is 0.416 e. The summed E-state index contributed by atoms with van der Waals surface area (Å²) in [6.45, 7) is 1.68. The highest BCUT2D eigenvalue weighted by molar-refractivity contribution is 6.29. The molecule has 8 heteroatoms. The number of aromatic nitrogens is 1. The van der Waals surface area contributed by atoms with Crippen LogP contribution in [-0.2, 0) is 22.1 Å². The standard InChI is InChI=1S/C18H15ClF3NO3/c1-2-26-17(25)14(16(24)12-5-8-15(19)23-10-12)9-11-3-6-13(7-4-11)18(20,21)22/h3-8,10,14H,2,9H2,1H3. The number of hydrogen-bond acceptors (Lipinski definition) is 4. The predicted molar refractivity (Wildman–Crippen MR) is 88.8 cm³/mol. The van der Waals surface area contributed by atoms with Gasteiger partial charge in [-0.05, 0) is 43.2 Å². The average Bonchev–Trinajstić information content (AvgIpc) is 2.59. The van der Waals surface area contributed by atoms with E-state index in [0.29, 0.717) is 5.56 Å². The number of alkyl halides is 3. The van der Waals surface area contributed by atoms with Gasteiger partial charge in [0.15, 0.2) is 5.78 Å². The second-order valence-electron chi connectivity index (χ2n) is 5.44. The zero-order valence-corrected chi connectivity index (χ0v) is 14.5. The summed E-state index contributed by atoms with van der Waals surface area (Å²) in [4.78, 5) is 28.6. The molecule has 26 heavy (non-hydrogen) atoms. The Morgan fingerprint density at radius 2 is 1.81 bits per heavy atom. The highest BCUT2D eigenvalue weighted by atomic mass is 35.5. The summed E-state index contributed by atoms with van der Waals surface area (Å²) < 4.78 is 42.9. The van der Waals surface area contributed by atoms with E-state index in [1.807, 2.05) is 0 Å². The molecule has 1 unspecified atom stereocenters. The molecule has 1 aromatic heterocycles. The molecule has 1 atom stereocenters. The quantitative estimate of drug-likeness (QED) is 0.321.